The second kappa shape index (κ2) is 7.86. The van der Waals surface area contributed by atoms with Gasteiger partial charge in [-0.1, -0.05) is 26.7 Å². The van der Waals surface area contributed by atoms with E-state index in [2.05, 4.69) is 13.8 Å². The molecule has 0 amide bonds. The monoisotopic (exact) mass is 426 g/mol. The Morgan fingerprint density at radius 1 is 1.00 bits per heavy atom. The molecule has 31 heavy (non-hydrogen) atoms. The van der Waals surface area contributed by atoms with E-state index in [1.54, 1.807) is 6.21 Å². The average Bonchev–Trinajstić information content (AvgIpc) is 3.09. The molecule has 0 radical (unpaired) electrons. The lowest BCUT2D eigenvalue weighted by atomic mass is 9.45. The van der Waals surface area contributed by atoms with Gasteiger partial charge in [0.05, 0.1) is 6.04 Å². The van der Waals surface area contributed by atoms with Crippen LogP contribution in [0.5, 0.6) is 5.75 Å². The highest BCUT2D eigenvalue weighted by atomic mass is 16.8. The van der Waals surface area contributed by atoms with Crippen LogP contribution in [0.3, 0.4) is 0 Å². The molecule has 5 nitrogen and oxygen atoms in total. The van der Waals surface area contributed by atoms with Crippen LogP contribution in [0.4, 0.5) is 5.69 Å². The van der Waals surface area contributed by atoms with Crippen molar-refractivity contribution in [2.24, 2.45) is 39.5 Å². The van der Waals surface area contributed by atoms with E-state index in [1.807, 2.05) is 0 Å². The van der Waals surface area contributed by atoms with E-state index >= 15 is 0 Å². The molecule has 4 aliphatic rings. The van der Waals surface area contributed by atoms with Crippen molar-refractivity contribution in [3.8, 4) is 5.75 Å². The molecule has 5 rings (SSSR count). The third-order valence-corrected chi connectivity index (χ3v) is 10.2. The zero-order valence-corrected chi connectivity index (χ0v) is 19.0. The summed E-state index contributed by atoms with van der Waals surface area (Å²) >= 11 is 0. The van der Waals surface area contributed by atoms with Crippen LogP contribution < -0.4 is 5.23 Å². The highest BCUT2D eigenvalue weighted by Gasteiger charge is 2.59. The normalized spacial score (nSPS) is 43.3. The summed E-state index contributed by atoms with van der Waals surface area (Å²) in [5.41, 5.74) is 1.49. The lowest BCUT2D eigenvalue weighted by Gasteiger charge is -2.60. The number of phenols is 1. The van der Waals surface area contributed by atoms with Gasteiger partial charge in [-0.05, 0) is 91.9 Å². The quantitative estimate of drug-likeness (QED) is 0.361. The Labute approximate surface area is 186 Å². The van der Waals surface area contributed by atoms with Crippen LogP contribution in [0, 0.1) is 39.7 Å². The Morgan fingerprint density at radius 2 is 1.81 bits per heavy atom. The molecule has 5 heteroatoms. The molecular formula is C26H38N2O3. The summed E-state index contributed by atoms with van der Waals surface area (Å²) in [5, 5.41) is 29.8. The van der Waals surface area contributed by atoms with E-state index in [0.29, 0.717) is 11.0 Å². The van der Waals surface area contributed by atoms with E-state index in [9.17, 15) is 15.5 Å². The number of rotatable bonds is 3. The number of aliphatic imine (C=N–C) groups is 1. The molecule has 170 valence electrons. The third-order valence-electron chi connectivity index (χ3n) is 10.2. The Balaban J connectivity index is 1.36. The van der Waals surface area contributed by atoms with E-state index in [0.717, 1.165) is 30.1 Å². The van der Waals surface area contributed by atoms with E-state index < -0.39 is 5.23 Å². The summed E-state index contributed by atoms with van der Waals surface area (Å²) < 4.78 is 0. The van der Waals surface area contributed by atoms with E-state index in [-0.39, 0.29) is 22.9 Å². The van der Waals surface area contributed by atoms with Gasteiger partial charge in [0.25, 0.3) is 0 Å². The maximum absolute atomic E-state index is 11.3. The van der Waals surface area contributed by atoms with Crippen molar-refractivity contribution < 1.29 is 15.5 Å². The summed E-state index contributed by atoms with van der Waals surface area (Å²) in [4.78, 5) is 4.97. The first-order valence-corrected chi connectivity index (χ1v) is 12.4. The first-order valence-electron chi connectivity index (χ1n) is 12.4. The van der Waals surface area contributed by atoms with E-state index in [4.69, 9.17) is 4.99 Å². The molecule has 3 N–H and O–H groups in total. The van der Waals surface area contributed by atoms with Crippen molar-refractivity contribution in [1.29, 1.82) is 0 Å². The topological polar surface area (TPSA) is 80.3 Å². The van der Waals surface area contributed by atoms with Gasteiger partial charge in [-0.15, -0.1) is 0 Å². The van der Waals surface area contributed by atoms with Gasteiger partial charge in [0.1, 0.15) is 5.75 Å². The number of quaternary nitrogens is 1. The molecule has 0 aliphatic heterocycles. The lowest BCUT2D eigenvalue weighted by Crippen LogP contribution is -2.99. The molecule has 4 aliphatic carbocycles. The standard InChI is InChI=1S/C26H38N2O3/c1-25-13-4-3-5-18(25)6-8-20-21-9-11-24(26(21,2)14-12-22(20)25)27-16-17-15-19(28(30)31)7-10-23(17)29/h7,10,15-16,18,20-22,24,28-30H,3-6,8-9,11-14H2,1-2H3/t18-,20+,21-,22-,24+,25-,26+/m0/s1. The average molecular weight is 427 g/mol. The summed E-state index contributed by atoms with van der Waals surface area (Å²) in [6.07, 6.45) is 15.3. The fourth-order valence-corrected chi connectivity index (χ4v) is 8.47. The third kappa shape index (κ3) is 3.44. The zero-order valence-electron chi connectivity index (χ0n) is 19.0. The number of hydrogen-bond donors (Lipinski definition) is 3. The maximum atomic E-state index is 11.3. The van der Waals surface area contributed by atoms with Crippen LogP contribution in [0.25, 0.3) is 0 Å². The highest BCUT2D eigenvalue weighted by molar-refractivity contribution is 5.84. The van der Waals surface area contributed by atoms with Crippen molar-refractivity contribution in [2.75, 3.05) is 0 Å². The van der Waals surface area contributed by atoms with Crippen molar-refractivity contribution >= 4 is 11.9 Å². The van der Waals surface area contributed by atoms with Gasteiger partial charge >= 0.3 is 0 Å². The molecule has 1 aromatic carbocycles. The van der Waals surface area contributed by atoms with Gasteiger partial charge < -0.3 is 10.3 Å². The van der Waals surface area contributed by atoms with Crippen LogP contribution in [0.1, 0.15) is 83.6 Å². The second-order valence-corrected chi connectivity index (χ2v) is 11.4. The minimum Gasteiger partial charge on any atom is -0.595 e. The van der Waals surface area contributed by atoms with Gasteiger partial charge in [0, 0.05) is 23.9 Å². The van der Waals surface area contributed by atoms with Gasteiger partial charge in [-0.2, -0.15) is 5.23 Å². The number of fused-ring (bicyclic) bond motifs is 5. The minimum absolute atomic E-state index is 0.0979. The smallest absolute Gasteiger partial charge is 0.164 e. The van der Waals surface area contributed by atoms with Gasteiger partial charge in [-0.3, -0.25) is 4.99 Å². The minimum atomic E-state index is -0.979. The van der Waals surface area contributed by atoms with Gasteiger partial charge in [0.2, 0.25) is 0 Å². The van der Waals surface area contributed by atoms with Crippen LogP contribution in [-0.2, 0) is 0 Å². The zero-order chi connectivity index (χ0) is 21.8. The molecule has 8 atom stereocenters. The Bertz CT molecular complexity index is 855. The molecular weight excluding hydrogens is 388 g/mol. The SMILES string of the molecule is C[C@]12CCCC[C@H]1CC[C@H]1[C@@H]2CC[C@@]2(C)[C@H](N=Cc3cc([NH+]([O-])O)ccc3O)CC[C@@H]12. The molecule has 0 saturated heterocycles. The summed E-state index contributed by atoms with van der Waals surface area (Å²) in [5.74, 6) is 3.55. The van der Waals surface area contributed by atoms with Crippen molar-refractivity contribution in [3.63, 3.8) is 0 Å². The van der Waals surface area contributed by atoms with E-state index in [1.165, 1.54) is 76.0 Å². The number of nitrogens with zero attached hydrogens (tertiary/aromatic N) is 1. The predicted octanol–water partition coefficient (Wildman–Crippen LogP) is 5.02. The van der Waals surface area contributed by atoms with Crippen LogP contribution in [0.2, 0.25) is 0 Å². The molecule has 1 unspecified atom stereocenters. The Hall–Kier alpha value is -1.43. The Kier molecular flexibility index (Phi) is 5.43. The highest BCUT2D eigenvalue weighted by Crippen LogP contribution is 2.66. The largest absolute Gasteiger partial charge is 0.595 e. The lowest BCUT2D eigenvalue weighted by molar-refractivity contribution is -0.991. The number of benzene rings is 1. The first kappa shape index (κ1) is 21.4. The van der Waals surface area contributed by atoms with Gasteiger partial charge in [-0.25, -0.2) is 5.21 Å². The van der Waals surface area contributed by atoms with Crippen molar-refractivity contribution in [3.05, 3.63) is 29.0 Å². The van der Waals surface area contributed by atoms with Crippen LogP contribution in [0.15, 0.2) is 23.2 Å². The predicted molar refractivity (Wildman–Crippen MR) is 122 cm³/mol. The molecule has 1 aromatic rings. The fraction of sp³-hybridized carbons (Fsp3) is 0.731. The number of phenolic OH excluding ortho intramolecular Hbond substituents is 1. The Morgan fingerprint density at radius 3 is 2.61 bits per heavy atom. The van der Waals surface area contributed by atoms with Crippen LogP contribution in [-0.4, -0.2) is 22.6 Å². The maximum Gasteiger partial charge on any atom is 0.164 e. The molecule has 0 spiro atoms. The molecule has 4 saturated carbocycles. The molecule has 0 bridgehead atoms. The van der Waals surface area contributed by atoms with Crippen LogP contribution >= 0.6 is 0 Å². The molecule has 4 fully saturated rings. The molecule has 0 aromatic heterocycles. The number of nitrogens with one attached hydrogen (secondary N) is 1. The number of aromatic hydroxyl groups is 1. The first-order chi connectivity index (χ1) is 14.8. The van der Waals surface area contributed by atoms with Crippen molar-refractivity contribution in [2.45, 2.75) is 84.1 Å². The fourth-order valence-electron chi connectivity index (χ4n) is 8.47. The number of hydrogen-bond acceptors (Lipinski definition) is 4. The summed E-state index contributed by atoms with van der Waals surface area (Å²) in [6, 6.07) is 4.69. The van der Waals surface area contributed by atoms with Gasteiger partial charge in [0.15, 0.2) is 5.69 Å². The van der Waals surface area contributed by atoms with Crippen molar-refractivity contribution in [1.82, 2.24) is 0 Å². The summed E-state index contributed by atoms with van der Waals surface area (Å²) in [7, 11) is 0. The molecule has 0 heterocycles. The second-order valence-electron chi connectivity index (χ2n) is 11.4. The summed E-state index contributed by atoms with van der Waals surface area (Å²) in [6.45, 7) is 5.09.